The molecule has 1 aliphatic rings. The van der Waals surface area contributed by atoms with Gasteiger partial charge in [-0.2, -0.15) is 5.10 Å². The molecule has 0 saturated heterocycles. The van der Waals surface area contributed by atoms with Gasteiger partial charge in [-0.1, -0.05) is 12.1 Å². The van der Waals surface area contributed by atoms with Gasteiger partial charge in [0.2, 0.25) is 5.91 Å². The van der Waals surface area contributed by atoms with Gasteiger partial charge < -0.3 is 16.2 Å². The van der Waals surface area contributed by atoms with E-state index >= 15 is 0 Å². The van der Waals surface area contributed by atoms with Crippen molar-refractivity contribution in [2.24, 2.45) is 5.73 Å². The Bertz CT molecular complexity index is 1080. The van der Waals surface area contributed by atoms with Crippen molar-refractivity contribution in [3.05, 3.63) is 65.5 Å². The highest BCUT2D eigenvalue weighted by Crippen LogP contribution is 2.34. The number of rotatable bonds is 3. The summed E-state index contributed by atoms with van der Waals surface area (Å²) in [6.07, 6.45) is 1.66. The molecule has 0 fully saturated rings. The number of carbonyl (C=O) groups excluding carboxylic acids is 2. The zero-order chi connectivity index (χ0) is 19.1. The Morgan fingerprint density at radius 1 is 1.22 bits per heavy atom. The van der Waals surface area contributed by atoms with Crippen molar-refractivity contribution < 1.29 is 14.7 Å². The lowest BCUT2D eigenvalue weighted by molar-refractivity contribution is -0.115. The van der Waals surface area contributed by atoms with E-state index in [2.05, 4.69) is 15.5 Å². The van der Waals surface area contributed by atoms with E-state index < -0.39 is 11.9 Å². The second-order valence-corrected chi connectivity index (χ2v) is 6.31. The van der Waals surface area contributed by atoms with E-state index in [1.54, 1.807) is 37.4 Å². The average molecular weight is 363 g/mol. The number of aromatic nitrogens is 2. The van der Waals surface area contributed by atoms with Gasteiger partial charge in [0.25, 0.3) is 0 Å². The van der Waals surface area contributed by atoms with Crippen molar-refractivity contribution in [2.75, 3.05) is 4.90 Å². The fourth-order valence-corrected chi connectivity index (χ4v) is 3.36. The van der Waals surface area contributed by atoms with Crippen molar-refractivity contribution >= 4 is 28.5 Å². The van der Waals surface area contributed by atoms with Gasteiger partial charge >= 0.3 is 6.03 Å². The van der Waals surface area contributed by atoms with Crippen LogP contribution in [-0.4, -0.2) is 27.2 Å². The van der Waals surface area contributed by atoms with Crippen LogP contribution in [0.3, 0.4) is 0 Å². The lowest BCUT2D eigenvalue weighted by Gasteiger charge is -2.35. The van der Waals surface area contributed by atoms with Crippen LogP contribution in [0.25, 0.3) is 10.9 Å². The summed E-state index contributed by atoms with van der Waals surface area (Å²) in [6, 6.07) is 10.6. The van der Waals surface area contributed by atoms with E-state index in [1.165, 1.54) is 17.0 Å². The smallest absolute Gasteiger partial charge is 0.326 e. The molecule has 4 rings (SSSR count). The number of nitrogens with zero attached hydrogens (tertiary/aromatic N) is 2. The Kier molecular flexibility index (Phi) is 3.80. The monoisotopic (exact) mass is 363 g/mol. The van der Waals surface area contributed by atoms with Gasteiger partial charge in [-0.05, 0) is 42.8 Å². The van der Waals surface area contributed by atoms with E-state index in [0.29, 0.717) is 16.9 Å². The number of urea groups is 1. The molecule has 136 valence electrons. The van der Waals surface area contributed by atoms with Crippen molar-refractivity contribution in [3.63, 3.8) is 0 Å². The Hall–Kier alpha value is -3.81. The fraction of sp³-hybridized carbons (Fsp3) is 0.105. The summed E-state index contributed by atoms with van der Waals surface area (Å²) in [4.78, 5) is 26.5. The van der Waals surface area contributed by atoms with Crippen LogP contribution in [0.5, 0.6) is 5.75 Å². The molecule has 3 amide bonds. The Morgan fingerprint density at radius 3 is 2.67 bits per heavy atom. The molecule has 0 saturated carbocycles. The van der Waals surface area contributed by atoms with Crippen LogP contribution >= 0.6 is 0 Å². The highest BCUT2D eigenvalue weighted by molar-refractivity contribution is 6.05. The third kappa shape index (κ3) is 2.77. The molecule has 27 heavy (non-hydrogen) atoms. The topological polar surface area (TPSA) is 124 Å². The molecule has 5 N–H and O–H groups in total. The number of nitrogens with two attached hydrogens (primary N) is 1. The molecule has 2 heterocycles. The quantitative estimate of drug-likeness (QED) is 0.570. The number of fused-ring (bicyclic) bond motifs is 1. The second-order valence-electron chi connectivity index (χ2n) is 6.31. The number of phenols is 1. The lowest BCUT2D eigenvalue weighted by Crippen LogP contribution is -2.48. The van der Waals surface area contributed by atoms with Gasteiger partial charge in [0.1, 0.15) is 5.75 Å². The number of hydrogen-bond donors (Lipinski definition) is 4. The van der Waals surface area contributed by atoms with Crippen molar-refractivity contribution in [1.82, 2.24) is 15.5 Å². The maximum absolute atomic E-state index is 12.9. The molecule has 2 aromatic carbocycles. The van der Waals surface area contributed by atoms with E-state index in [-0.39, 0.29) is 17.4 Å². The average Bonchev–Trinajstić information content (AvgIpc) is 3.09. The standard InChI is InChI=1S/C19H17N5O3/c1-10-16(18(20)26)17(11-2-5-14(25)6-3-11)22-19(27)24(10)13-4-7-15-12(8-13)9-21-23-15/h2-9,17,25H,1H3,(H2,20,26)(H,21,23)(H,22,27). The lowest BCUT2D eigenvalue weighted by atomic mass is 9.94. The summed E-state index contributed by atoms with van der Waals surface area (Å²) >= 11 is 0. The minimum absolute atomic E-state index is 0.0947. The maximum atomic E-state index is 12.9. The number of aromatic hydroxyl groups is 1. The number of carbonyl (C=O) groups is 2. The highest BCUT2D eigenvalue weighted by Gasteiger charge is 2.35. The summed E-state index contributed by atoms with van der Waals surface area (Å²) in [5.74, 6) is -0.530. The largest absolute Gasteiger partial charge is 0.508 e. The normalized spacial score (nSPS) is 17.3. The van der Waals surface area contributed by atoms with Gasteiger partial charge in [0.05, 0.1) is 29.0 Å². The Labute approximate surface area is 154 Å². The predicted octanol–water partition coefficient (Wildman–Crippen LogP) is 2.30. The molecule has 8 nitrogen and oxygen atoms in total. The van der Waals surface area contributed by atoms with Crippen LogP contribution in [0.1, 0.15) is 18.5 Å². The molecular formula is C19H17N5O3. The van der Waals surface area contributed by atoms with Crippen molar-refractivity contribution in [3.8, 4) is 5.75 Å². The first kappa shape index (κ1) is 16.6. The minimum atomic E-state index is -0.690. The first-order valence-electron chi connectivity index (χ1n) is 8.29. The first-order valence-corrected chi connectivity index (χ1v) is 8.29. The van der Waals surface area contributed by atoms with Gasteiger partial charge in [-0.25, -0.2) is 4.79 Å². The van der Waals surface area contributed by atoms with E-state index in [1.807, 2.05) is 6.07 Å². The number of benzene rings is 2. The van der Waals surface area contributed by atoms with Gasteiger partial charge in [-0.3, -0.25) is 14.8 Å². The van der Waals surface area contributed by atoms with Gasteiger partial charge in [-0.15, -0.1) is 0 Å². The van der Waals surface area contributed by atoms with Crippen LogP contribution in [-0.2, 0) is 4.79 Å². The molecule has 8 heteroatoms. The van der Waals surface area contributed by atoms with Gasteiger partial charge in [0, 0.05) is 11.1 Å². The van der Waals surface area contributed by atoms with E-state index in [4.69, 9.17) is 5.73 Å². The van der Waals surface area contributed by atoms with Gasteiger partial charge in [0.15, 0.2) is 0 Å². The Morgan fingerprint density at radius 2 is 1.96 bits per heavy atom. The first-order chi connectivity index (χ1) is 13.0. The molecule has 3 aromatic rings. The number of anilines is 1. The zero-order valence-electron chi connectivity index (χ0n) is 14.4. The molecule has 1 atom stereocenters. The summed E-state index contributed by atoms with van der Waals surface area (Å²) in [5.41, 5.74) is 8.47. The zero-order valence-corrected chi connectivity index (χ0v) is 14.4. The third-order valence-corrected chi connectivity index (χ3v) is 4.66. The minimum Gasteiger partial charge on any atom is -0.508 e. The molecule has 1 unspecified atom stereocenters. The van der Waals surface area contributed by atoms with Crippen molar-refractivity contribution in [2.45, 2.75) is 13.0 Å². The fourth-order valence-electron chi connectivity index (χ4n) is 3.36. The number of nitrogens with one attached hydrogen (secondary N) is 2. The summed E-state index contributed by atoms with van der Waals surface area (Å²) in [5, 5.41) is 20.0. The number of hydrogen-bond acceptors (Lipinski definition) is 4. The summed E-state index contributed by atoms with van der Waals surface area (Å²) < 4.78 is 0. The van der Waals surface area contributed by atoms with Crippen LogP contribution in [0.4, 0.5) is 10.5 Å². The number of amides is 3. The molecule has 0 aliphatic carbocycles. The number of aromatic amines is 1. The second kappa shape index (κ2) is 6.17. The molecular weight excluding hydrogens is 346 g/mol. The number of phenolic OH excluding ortho intramolecular Hbond substituents is 1. The van der Waals surface area contributed by atoms with Crippen LogP contribution < -0.4 is 16.0 Å². The SMILES string of the molecule is CC1=C(C(N)=O)C(c2ccc(O)cc2)NC(=O)N1c1ccc2[nH]ncc2c1. The summed E-state index contributed by atoms with van der Waals surface area (Å²) in [6.45, 7) is 1.69. The number of H-pyrrole nitrogens is 1. The Balaban J connectivity index is 1.83. The van der Waals surface area contributed by atoms with Crippen molar-refractivity contribution in [1.29, 1.82) is 0 Å². The summed E-state index contributed by atoms with van der Waals surface area (Å²) in [7, 11) is 0. The van der Waals surface area contributed by atoms with Crippen LogP contribution in [0, 0.1) is 0 Å². The van der Waals surface area contributed by atoms with Crippen LogP contribution in [0.15, 0.2) is 59.9 Å². The number of primary amides is 1. The predicted molar refractivity (Wildman–Crippen MR) is 99.8 cm³/mol. The molecule has 0 radical (unpaired) electrons. The van der Waals surface area contributed by atoms with Crippen LogP contribution in [0.2, 0.25) is 0 Å². The maximum Gasteiger partial charge on any atom is 0.326 e. The molecule has 0 bridgehead atoms. The highest BCUT2D eigenvalue weighted by atomic mass is 16.3. The molecule has 0 spiro atoms. The molecule has 1 aromatic heterocycles. The number of allylic oxidation sites excluding steroid dienone is 1. The van der Waals surface area contributed by atoms with E-state index in [9.17, 15) is 14.7 Å². The van der Waals surface area contributed by atoms with E-state index in [0.717, 1.165) is 10.9 Å². The third-order valence-electron chi connectivity index (χ3n) is 4.66. The molecule has 1 aliphatic heterocycles.